The standard InChI is InChI=1S/C14H20N2O3S/c1-3-8-15-14(19)10(2)16-13(18)7-6-11(17)12-5-4-9-20-12/h4-5,9-10H,3,6-8H2,1-2H3,(H,15,19)(H,16,18)/t10-/m0/s1. The van der Waals surface area contributed by atoms with Crippen LogP contribution in [-0.2, 0) is 9.59 Å². The number of rotatable bonds is 8. The average Bonchev–Trinajstić information content (AvgIpc) is 2.96. The fourth-order valence-electron chi connectivity index (χ4n) is 1.57. The molecule has 0 spiro atoms. The Bertz CT molecular complexity index is 457. The molecule has 0 bridgehead atoms. The summed E-state index contributed by atoms with van der Waals surface area (Å²) < 4.78 is 0. The highest BCUT2D eigenvalue weighted by Gasteiger charge is 2.16. The highest BCUT2D eigenvalue weighted by Crippen LogP contribution is 2.12. The first kappa shape index (κ1) is 16.4. The van der Waals surface area contributed by atoms with Gasteiger partial charge < -0.3 is 10.6 Å². The van der Waals surface area contributed by atoms with Crippen LogP contribution in [0.2, 0.25) is 0 Å². The molecule has 1 aromatic rings. The molecule has 0 fully saturated rings. The molecule has 5 nitrogen and oxygen atoms in total. The van der Waals surface area contributed by atoms with Gasteiger partial charge in [0.25, 0.3) is 0 Å². The third-order valence-corrected chi connectivity index (χ3v) is 3.61. The van der Waals surface area contributed by atoms with Crippen molar-refractivity contribution in [2.75, 3.05) is 6.54 Å². The van der Waals surface area contributed by atoms with Crippen LogP contribution in [0.5, 0.6) is 0 Å². The summed E-state index contributed by atoms with van der Waals surface area (Å²) >= 11 is 1.37. The van der Waals surface area contributed by atoms with Crippen LogP contribution in [0.1, 0.15) is 42.8 Å². The van der Waals surface area contributed by atoms with Crippen molar-refractivity contribution in [3.8, 4) is 0 Å². The number of amides is 2. The molecule has 0 aliphatic carbocycles. The maximum Gasteiger partial charge on any atom is 0.242 e. The maximum atomic E-state index is 11.7. The summed E-state index contributed by atoms with van der Waals surface area (Å²) in [4.78, 5) is 35.6. The molecule has 1 atom stereocenters. The largest absolute Gasteiger partial charge is 0.354 e. The first-order chi connectivity index (χ1) is 9.54. The van der Waals surface area contributed by atoms with E-state index in [1.807, 2.05) is 12.3 Å². The molecule has 0 saturated heterocycles. The predicted molar refractivity (Wildman–Crippen MR) is 78.8 cm³/mol. The summed E-state index contributed by atoms with van der Waals surface area (Å²) in [6.45, 7) is 4.18. The van der Waals surface area contributed by atoms with Crippen LogP contribution < -0.4 is 10.6 Å². The predicted octanol–water partition coefficient (Wildman–Crippen LogP) is 1.74. The number of hydrogen-bond donors (Lipinski definition) is 2. The van der Waals surface area contributed by atoms with E-state index in [-0.39, 0.29) is 30.4 Å². The van der Waals surface area contributed by atoms with Crippen molar-refractivity contribution in [3.63, 3.8) is 0 Å². The van der Waals surface area contributed by atoms with E-state index in [2.05, 4.69) is 10.6 Å². The zero-order chi connectivity index (χ0) is 15.0. The Balaban J connectivity index is 2.29. The summed E-state index contributed by atoms with van der Waals surface area (Å²) in [5.74, 6) is -0.530. The van der Waals surface area contributed by atoms with E-state index in [1.54, 1.807) is 19.1 Å². The van der Waals surface area contributed by atoms with Gasteiger partial charge in [-0.2, -0.15) is 0 Å². The molecule has 0 aromatic carbocycles. The molecule has 20 heavy (non-hydrogen) atoms. The zero-order valence-electron chi connectivity index (χ0n) is 11.8. The summed E-state index contributed by atoms with van der Waals surface area (Å²) in [7, 11) is 0. The molecule has 110 valence electrons. The SMILES string of the molecule is CCCNC(=O)[C@H](C)NC(=O)CCC(=O)c1cccs1. The van der Waals surface area contributed by atoms with Gasteiger partial charge in [0.1, 0.15) is 6.04 Å². The molecule has 1 rings (SSSR count). The molecule has 0 aliphatic rings. The van der Waals surface area contributed by atoms with Gasteiger partial charge >= 0.3 is 0 Å². The minimum atomic E-state index is -0.578. The van der Waals surface area contributed by atoms with Gasteiger partial charge in [-0.05, 0) is 24.8 Å². The molecule has 2 N–H and O–H groups in total. The Labute approximate surface area is 122 Å². The lowest BCUT2D eigenvalue weighted by Crippen LogP contribution is -2.45. The molecule has 6 heteroatoms. The smallest absolute Gasteiger partial charge is 0.242 e. The topological polar surface area (TPSA) is 75.3 Å². The molecule has 0 unspecified atom stereocenters. The quantitative estimate of drug-likeness (QED) is 0.718. The molecular formula is C14H20N2O3S. The molecule has 2 amide bonds. The van der Waals surface area contributed by atoms with Gasteiger partial charge in [-0.1, -0.05) is 13.0 Å². The van der Waals surface area contributed by atoms with Crippen LogP contribution >= 0.6 is 11.3 Å². The van der Waals surface area contributed by atoms with Crippen LogP contribution in [0.25, 0.3) is 0 Å². The molecular weight excluding hydrogens is 276 g/mol. The van der Waals surface area contributed by atoms with Crippen LogP contribution in [0.3, 0.4) is 0 Å². The van der Waals surface area contributed by atoms with Crippen LogP contribution in [0.4, 0.5) is 0 Å². The Morgan fingerprint density at radius 2 is 2.05 bits per heavy atom. The number of nitrogens with one attached hydrogen (secondary N) is 2. The Hall–Kier alpha value is -1.69. The first-order valence-corrected chi connectivity index (χ1v) is 7.56. The van der Waals surface area contributed by atoms with Gasteiger partial charge in [-0.25, -0.2) is 0 Å². The summed E-state index contributed by atoms with van der Waals surface area (Å²) in [5.41, 5.74) is 0. The first-order valence-electron chi connectivity index (χ1n) is 6.68. The second-order valence-electron chi connectivity index (χ2n) is 4.48. The number of thiophene rings is 1. The zero-order valence-corrected chi connectivity index (χ0v) is 12.6. The number of carbonyl (C=O) groups excluding carboxylic acids is 3. The minimum Gasteiger partial charge on any atom is -0.354 e. The molecule has 1 heterocycles. The molecule has 0 saturated carbocycles. The lowest BCUT2D eigenvalue weighted by molar-refractivity contribution is -0.128. The summed E-state index contributed by atoms with van der Waals surface area (Å²) in [5, 5.41) is 7.12. The van der Waals surface area contributed by atoms with Crippen LogP contribution in [-0.4, -0.2) is 30.2 Å². The summed E-state index contributed by atoms with van der Waals surface area (Å²) in [6, 6.07) is 2.97. The van der Waals surface area contributed by atoms with Crippen molar-refractivity contribution >= 4 is 28.9 Å². The van der Waals surface area contributed by atoms with Crippen molar-refractivity contribution < 1.29 is 14.4 Å². The van der Waals surface area contributed by atoms with E-state index >= 15 is 0 Å². The third kappa shape index (κ3) is 5.52. The Morgan fingerprint density at radius 3 is 2.65 bits per heavy atom. The summed E-state index contributed by atoms with van der Waals surface area (Å²) in [6.07, 6.45) is 1.11. The average molecular weight is 296 g/mol. The van der Waals surface area contributed by atoms with Gasteiger partial charge in [-0.15, -0.1) is 11.3 Å². The number of carbonyl (C=O) groups is 3. The lowest BCUT2D eigenvalue weighted by atomic mass is 10.2. The normalized spacial score (nSPS) is 11.7. The van der Waals surface area contributed by atoms with Crippen molar-refractivity contribution in [1.82, 2.24) is 10.6 Å². The van der Waals surface area contributed by atoms with Gasteiger partial charge in [0, 0.05) is 19.4 Å². The van der Waals surface area contributed by atoms with Gasteiger partial charge in [-0.3, -0.25) is 14.4 Å². The number of hydrogen-bond acceptors (Lipinski definition) is 4. The monoisotopic (exact) mass is 296 g/mol. The van der Waals surface area contributed by atoms with Crippen molar-refractivity contribution in [2.45, 2.75) is 39.2 Å². The minimum absolute atomic E-state index is 0.0433. The van der Waals surface area contributed by atoms with Gasteiger partial charge in [0.05, 0.1) is 4.88 Å². The van der Waals surface area contributed by atoms with Crippen LogP contribution in [0.15, 0.2) is 17.5 Å². The van der Waals surface area contributed by atoms with E-state index in [0.29, 0.717) is 11.4 Å². The second-order valence-corrected chi connectivity index (χ2v) is 5.43. The van der Waals surface area contributed by atoms with Crippen molar-refractivity contribution in [3.05, 3.63) is 22.4 Å². The Kier molecular flexibility index (Phi) is 6.93. The third-order valence-electron chi connectivity index (χ3n) is 2.70. The van der Waals surface area contributed by atoms with E-state index in [9.17, 15) is 14.4 Å². The molecule has 0 aliphatic heterocycles. The maximum absolute atomic E-state index is 11.7. The van der Waals surface area contributed by atoms with E-state index in [0.717, 1.165) is 6.42 Å². The van der Waals surface area contributed by atoms with Crippen LogP contribution in [0, 0.1) is 0 Å². The molecule has 1 aromatic heterocycles. The van der Waals surface area contributed by atoms with E-state index in [1.165, 1.54) is 11.3 Å². The van der Waals surface area contributed by atoms with Crippen molar-refractivity contribution in [1.29, 1.82) is 0 Å². The lowest BCUT2D eigenvalue weighted by Gasteiger charge is -2.13. The second kappa shape index (κ2) is 8.47. The highest BCUT2D eigenvalue weighted by molar-refractivity contribution is 7.12. The fourth-order valence-corrected chi connectivity index (χ4v) is 2.26. The fraction of sp³-hybridized carbons (Fsp3) is 0.500. The number of ketones is 1. The van der Waals surface area contributed by atoms with Gasteiger partial charge in [0.15, 0.2) is 5.78 Å². The van der Waals surface area contributed by atoms with E-state index < -0.39 is 6.04 Å². The van der Waals surface area contributed by atoms with Crippen molar-refractivity contribution in [2.24, 2.45) is 0 Å². The Morgan fingerprint density at radius 1 is 1.30 bits per heavy atom. The molecule has 0 radical (unpaired) electrons. The highest BCUT2D eigenvalue weighted by atomic mass is 32.1. The number of Topliss-reactive ketones (excluding diaryl/α,β-unsaturated/α-hetero) is 1. The van der Waals surface area contributed by atoms with E-state index in [4.69, 9.17) is 0 Å². The van der Waals surface area contributed by atoms with Gasteiger partial charge in [0.2, 0.25) is 11.8 Å².